The predicted molar refractivity (Wildman–Crippen MR) is 95.0 cm³/mol. The molecule has 0 aliphatic heterocycles. The third-order valence-corrected chi connectivity index (χ3v) is 3.71. The number of nitrogens with one attached hydrogen (secondary N) is 1. The predicted octanol–water partition coefficient (Wildman–Crippen LogP) is 2.66. The van der Waals surface area contributed by atoms with Crippen LogP contribution in [-0.2, 0) is 4.79 Å². The zero-order valence-corrected chi connectivity index (χ0v) is 14.8. The van der Waals surface area contributed by atoms with Crippen molar-refractivity contribution in [3.05, 3.63) is 53.6 Å². The topological polar surface area (TPSA) is 94.1 Å². The standard InChI is InChI=1S/C19H21NO6/c1-12(13-7-8-16(24-2)17(10-13)25-3)20-19(23)14-5-4-6-15(9-14)26-11-18(21)22/h4-10,12H,11H2,1-3H3,(H,20,23)(H,21,22). The van der Waals surface area contributed by atoms with E-state index in [1.807, 2.05) is 13.0 Å². The zero-order chi connectivity index (χ0) is 19.1. The van der Waals surface area contributed by atoms with Crippen LogP contribution in [-0.4, -0.2) is 37.8 Å². The van der Waals surface area contributed by atoms with Gasteiger partial charge in [-0.15, -0.1) is 0 Å². The fourth-order valence-corrected chi connectivity index (χ4v) is 2.36. The number of aliphatic carboxylic acids is 1. The summed E-state index contributed by atoms with van der Waals surface area (Å²) >= 11 is 0. The van der Waals surface area contributed by atoms with Crippen molar-refractivity contribution in [2.24, 2.45) is 0 Å². The summed E-state index contributed by atoms with van der Waals surface area (Å²) in [5.41, 5.74) is 1.23. The van der Waals surface area contributed by atoms with Crippen LogP contribution in [0.5, 0.6) is 17.2 Å². The van der Waals surface area contributed by atoms with Gasteiger partial charge in [0.2, 0.25) is 0 Å². The Hall–Kier alpha value is -3.22. The van der Waals surface area contributed by atoms with E-state index in [2.05, 4.69) is 5.32 Å². The molecule has 0 fully saturated rings. The summed E-state index contributed by atoms with van der Waals surface area (Å²) in [5, 5.41) is 11.5. The number of hydrogen-bond donors (Lipinski definition) is 2. The second-order valence-corrected chi connectivity index (χ2v) is 5.52. The van der Waals surface area contributed by atoms with Gasteiger partial charge in [-0.1, -0.05) is 12.1 Å². The molecule has 7 heteroatoms. The molecule has 0 aliphatic rings. The first-order chi connectivity index (χ1) is 12.4. The lowest BCUT2D eigenvalue weighted by Gasteiger charge is -2.17. The average molecular weight is 359 g/mol. The van der Waals surface area contributed by atoms with Crippen molar-refractivity contribution in [3.8, 4) is 17.2 Å². The first-order valence-electron chi connectivity index (χ1n) is 7.92. The van der Waals surface area contributed by atoms with Gasteiger partial charge in [-0.25, -0.2) is 4.79 Å². The lowest BCUT2D eigenvalue weighted by Crippen LogP contribution is -2.26. The summed E-state index contributed by atoms with van der Waals surface area (Å²) in [5.74, 6) is 0.127. The van der Waals surface area contributed by atoms with Gasteiger partial charge in [0.1, 0.15) is 5.75 Å². The first-order valence-corrected chi connectivity index (χ1v) is 7.92. The lowest BCUT2D eigenvalue weighted by molar-refractivity contribution is -0.139. The first kappa shape index (κ1) is 19.1. The van der Waals surface area contributed by atoms with Crippen LogP contribution < -0.4 is 19.5 Å². The van der Waals surface area contributed by atoms with Gasteiger partial charge >= 0.3 is 5.97 Å². The van der Waals surface area contributed by atoms with E-state index in [1.165, 1.54) is 6.07 Å². The molecule has 1 unspecified atom stereocenters. The van der Waals surface area contributed by atoms with Crippen LogP contribution >= 0.6 is 0 Å². The molecule has 2 aromatic carbocycles. The van der Waals surface area contributed by atoms with Crippen molar-refractivity contribution < 1.29 is 28.9 Å². The minimum absolute atomic E-state index is 0.272. The normalized spacial score (nSPS) is 11.3. The maximum Gasteiger partial charge on any atom is 0.341 e. The number of hydrogen-bond acceptors (Lipinski definition) is 5. The molecule has 0 aromatic heterocycles. The molecule has 2 aromatic rings. The fraction of sp³-hybridized carbons (Fsp3) is 0.263. The molecular weight excluding hydrogens is 338 g/mol. The molecule has 0 spiro atoms. The van der Waals surface area contributed by atoms with Gasteiger partial charge in [0.25, 0.3) is 5.91 Å². The van der Waals surface area contributed by atoms with E-state index in [0.29, 0.717) is 22.8 Å². The number of ether oxygens (including phenoxy) is 3. The van der Waals surface area contributed by atoms with Crippen LogP contribution in [0.3, 0.4) is 0 Å². The van der Waals surface area contributed by atoms with Crippen LogP contribution in [0.1, 0.15) is 28.9 Å². The monoisotopic (exact) mass is 359 g/mol. The molecule has 0 aliphatic carbocycles. The van der Waals surface area contributed by atoms with Crippen LogP contribution in [0.15, 0.2) is 42.5 Å². The second-order valence-electron chi connectivity index (χ2n) is 5.52. The van der Waals surface area contributed by atoms with E-state index in [0.717, 1.165) is 5.56 Å². The van der Waals surface area contributed by atoms with Gasteiger partial charge in [0.15, 0.2) is 18.1 Å². The number of rotatable bonds is 8. The van der Waals surface area contributed by atoms with E-state index in [9.17, 15) is 9.59 Å². The summed E-state index contributed by atoms with van der Waals surface area (Å²) in [4.78, 5) is 23.0. The van der Waals surface area contributed by atoms with Crippen molar-refractivity contribution in [1.82, 2.24) is 5.32 Å². The average Bonchev–Trinajstić information content (AvgIpc) is 2.65. The summed E-state index contributed by atoms with van der Waals surface area (Å²) in [7, 11) is 3.11. The Labute approximate surface area is 151 Å². The molecule has 0 heterocycles. The van der Waals surface area contributed by atoms with Crippen molar-refractivity contribution in [2.45, 2.75) is 13.0 Å². The smallest absolute Gasteiger partial charge is 0.341 e. The van der Waals surface area contributed by atoms with E-state index in [-0.39, 0.29) is 11.9 Å². The SMILES string of the molecule is COc1ccc(C(C)NC(=O)c2cccc(OCC(=O)O)c2)cc1OC. The third-order valence-electron chi connectivity index (χ3n) is 3.71. The van der Waals surface area contributed by atoms with Gasteiger partial charge in [-0.3, -0.25) is 4.79 Å². The molecule has 1 amide bonds. The van der Waals surface area contributed by atoms with E-state index in [4.69, 9.17) is 19.3 Å². The van der Waals surface area contributed by atoms with Crippen LogP contribution in [0, 0.1) is 0 Å². The Bertz CT molecular complexity index is 789. The van der Waals surface area contributed by atoms with Crippen molar-refractivity contribution in [1.29, 1.82) is 0 Å². The zero-order valence-electron chi connectivity index (χ0n) is 14.8. The molecule has 0 bridgehead atoms. The fourth-order valence-electron chi connectivity index (χ4n) is 2.36. The van der Waals surface area contributed by atoms with Gasteiger partial charge in [-0.05, 0) is 42.8 Å². The van der Waals surface area contributed by atoms with Crippen molar-refractivity contribution >= 4 is 11.9 Å². The molecule has 0 radical (unpaired) electrons. The van der Waals surface area contributed by atoms with E-state index >= 15 is 0 Å². The Morgan fingerprint density at radius 3 is 2.46 bits per heavy atom. The minimum Gasteiger partial charge on any atom is -0.493 e. The highest BCUT2D eigenvalue weighted by atomic mass is 16.5. The number of amides is 1. The van der Waals surface area contributed by atoms with Crippen LogP contribution in [0.2, 0.25) is 0 Å². The summed E-state index contributed by atoms with van der Waals surface area (Å²) in [6.07, 6.45) is 0. The molecule has 0 saturated carbocycles. The second kappa shape index (κ2) is 8.75. The Kier molecular flexibility index (Phi) is 6.43. The Balaban J connectivity index is 2.09. The number of carbonyl (C=O) groups excluding carboxylic acids is 1. The van der Waals surface area contributed by atoms with Crippen molar-refractivity contribution in [3.63, 3.8) is 0 Å². The largest absolute Gasteiger partial charge is 0.493 e. The number of methoxy groups -OCH3 is 2. The van der Waals surface area contributed by atoms with Crippen molar-refractivity contribution in [2.75, 3.05) is 20.8 Å². The van der Waals surface area contributed by atoms with E-state index in [1.54, 1.807) is 44.6 Å². The number of carboxylic acid groups (broad SMARTS) is 1. The van der Waals surface area contributed by atoms with Crippen LogP contribution in [0.25, 0.3) is 0 Å². The number of benzene rings is 2. The number of carbonyl (C=O) groups is 2. The molecular formula is C19H21NO6. The molecule has 0 saturated heterocycles. The van der Waals surface area contributed by atoms with E-state index < -0.39 is 12.6 Å². The van der Waals surface area contributed by atoms with Gasteiger partial charge in [-0.2, -0.15) is 0 Å². The molecule has 2 rings (SSSR count). The summed E-state index contributed by atoms with van der Waals surface area (Å²) < 4.78 is 15.6. The third kappa shape index (κ3) is 4.89. The Morgan fingerprint density at radius 1 is 1.08 bits per heavy atom. The van der Waals surface area contributed by atoms with Crippen LogP contribution in [0.4, 0.5) is 0 Å². The summed E-state index contributed by atoms with van der Waals surface area (Å²) in [6.45, 7) is 1.39. The highest BCUT2D eigenvalue weighted by Crippen LogP contribution is 2.30. The van der Waals surface area contributed by atoms with Gasteiger partial charge in [0, 0.05) is 5.56 Å². The maximum atomic E-state index is 12.5. The molecule has 138 valence electrons. The molecule has 7 nitrogen and oxygen atoms in total. The highest BCUT2D eigenvalue weighted by Gasteiger charge is 2.14. The number of carboxylic acids is 1. The van der Waals surface area contributed by atoms with Gasteiger partial charge in [0.05, 0.1) is 20.3 Å². The quantitative estimate of drug-likeness (QED) is 0.753. The summed E-state index contributed by atoms with van der Waals surface area (Å²) in [6, 6.07) is 11.5. The van der Waals surface area contributed by atoms with Gasteiger partial charge < -0.3 is 24.6 Å². The highest BCUT2D eigenvalue weighted by molar-refractivity contribution is 5.94. The minimum atomic E-state index is -1.08. The molecule has 26 heavy (non-hydrogen) atoms. The molecule has 1 atom stereocenters. The Morgan fingerprint density at radius 2 is 1.81 bits per heavy atom. The molecule has 2 N–H and O–H groups in total. The maximum absolute atomic E-state index is 12.5. The lowest BCUT2D eigenvalue weighted by atomic mass is 10.1.